The van der Waals surface area contributed by atoms with Crippen molar-refractivity contribution in [2.75, 3.05) is 36.4 Å². The van der Waals surface area contributed by atoms with E-state index in [1.54, 1.807) is 6.33 Å². The molecule has 2 aliphatic heterocycles. The Morgan fingerprint density at radius 1 is 1.39 bits per heavy atom. The lowest BCUT2D eigenvalue weighted by Crippen LogP contribution is -2.56. The number of guanidine groups is 1. The van der Waals surface area contributed by atoms with Gasteiger partial charge in [0.1, 0.15) is 18.0 Å². The lowest BCUT2D eigenvalue weighted by atomic mass is 10.1. The molecule has 0 spiro atoms. The molecule has 3 heterocycles. The average Bonchev–Trinajstić information content (AvgIpc) is 3.16. The van der Waals surface area contributed by atoms with Crippen LogP contribution in [0.15, 0.2) is 40.1 Å². The van der Waals surface area contributed by atoms with Crippen molar-refractivity contribution in [2.45, 2.75) is 19.4 Å². The van der Waals surface area contributed by atoms with Crippen LogP contribution in [-0.4, -0.2) is 53.0 Å². The van der Waals surface area contributed by atoms with E-state index < -0.39 is 0 Å². The number of benzene rings is 1. The van der Waals surface area contributed by atoms with Crippen LogP contribution in [0.1, 0.15) is 12.5 Å². The first-order chi connectivity index (χ1) is 13.7. The Labute approximate surface area is 172 Å². The Bertz CT molecular complexity index is 938. The first kappa shape index (κ1) is 18.5. The van der Waals surface area contributed by atoms with E-state index >= 15 is 0 Å². The molecule has 1 saturated heterocycles. The number of piperazine rings is 1. The number of hydrogen-bond acceptors (Lipinski definition) is 6. The Hall–Kier alpha value is -2.86. The summed E-state index contributed by atoms with van der Waals surface area (Å²) >= 11 is 3.47. The van der Waals surface area contributed by atoms with Gasteiger partial charge in [0.05, 0.1) is 5.69 Å². The molecule has 8 nitrogen and oxygen atoms in total. The zero-order valence-corrected chi connectivity index (χ0v) is 17.1. The maximum Gasteiger partial charge on any atom is 0.212 e. The largest absolute Gasteiger partial charge is 0.369 e. The fourth-order valence-electron chi connectivity index (χ4n) is 3.71. The van der Waals surface area contributed by atoms with Gasteiger partial charge >= 0.3 is 0 Å². The normalized spacial score (nSPS) is 19.0. The van der Waals surface area contributed by atoms with Crippen LogP contribution in [0, 0.1) is 11.5 Å². The van der Waals surface area contributed by atoms with Crippen LogP contribution >= 0.6 is 15.9 Å². The molecule has 1 aromatic carbocycles. The summed E-state index contributed by atoms with van der Waals surface area (Å²) in [7, 11) is 0. The van der Waals surface area contributed by atoms with E-state index in [2.05, 4.69) is 58.2 Å². The monoisotopic (exact) mass is 440 g/mol. The van der Waals surface area contributed by atoms with Gasteiger partial charge in [0, 0.05) is 42.3 Å². The number of anilines is 2. The van der Waals surface area contributed by atoms with Crippen molar-refractivity contribution in [1.29, 1.82) is 5.26 Å². The lowest BCUT2D eigenvalue weighted by Gasteiger charge is -2.41. The molecule has 0 bridgehead atoms. The predicted molar refractivity (Wildman–Crippen MR) is 113 cm³/mol. The number of nitriles is 1. The van der Waals surface area contributed by atoms with Crippen LogP contribution in [0.5, 0.6) is 0 Å². The lowest BCUT2D eigenvalue weighted by molar-refractivity contribution is 0.291. The Morgan fingerprint density at radius 3 is 3.07 bits per heavy atom. The van der Waals surface area contributed by atoms with E-state index in [1.165, 1.54) is 5.56 Å². The van der Waals surface area contributed by atoms with Crippen molar-refractivity contribution in [3.05, 3.63) is 40.6 Å². The third-order valence-electron chi connectivity index (χ3n) is 5.00. The molecule has 1 fully saturated rings. The maximum atomic E-state index is 9.21. The zero-order chi connectivity index (χ0) is 19.5. The number of aromatic nitrogens is 2. The molecule has 28 heavy (non-hydrogen) atoms. The summed E-state index contributed by atoms with van der Waals surface area (Å²) in [6.07, 6.45) is 4.60. The summed E-state index contributed by atoms with van der Waals surface area (Å²) in [5, 5.41) is 15.3. The SMILES string of the molecule is CC1CN(c2ncnc3c2CCN3)CCN1C(=Nc1cccc(Br)c1)NC#N. The van der Waals surface area contributed by atoms with E-state index in [0.717, 1.165) is 54.4 Å². The van der Waals surface area contributed by atoms with Crippen LogP contribution < -0.4 is 15.5 Å². The number of nitrogens with zero attached hydrogens (tertiary/aromatic N) is 6. The van der Waals surface area contributed by atoms with Crippen LogP contribution in [0.4, 0.5) is 17.3 Å². The first-order valence-corrected chi connectivity index (χ1v) is 10.0. The summed E-state index contributed by atoms with van der Waals surface area (Å²) in [6, 6.07) is 7.89. The molecule has 1 aromatic heterocycles. The molecule has 4 rings (SSSR count). The summed E-state index contributed by atoms with van der Waals surface area (Å²) in [4.78, 5) is 18.0. The topological polar surface area (TPSA) is 92.5 Å². The summed E-state index contributed by atoms with van der Waals surface area (Å²) in [6.45, 7) is 5.40. The zero-order valence-electron chi connectivity index (χ0n) is 15.6. The highest BCUT2D eigenvalue weighted by molar-refractivity contribution is 9.10. The van der Waals surface area contributed by atoms with Crippen molar-refractivity contribution in [3.8, 4) is 6.19 Å². The third kappa shape index (κ3) is 3.73. The van der Waals surface area contributed by atoms with Crippen molar-refractivity contribution in [1.82, 2.24) is 20.2 Å². The fraction of sp³-hybridized carbons (Fsp3) is 0.368. The minimum absolute atomic E-state index is 0.167. The predicted octanol–water partition coefficient (Wildman–Crippen LogP) is 2.48. The summed E-state index contributed by atoms with van der Waals surface area (Å²) in [5.41, 5.74) is 1.99. The second kappa shape index (κ2) is 8.02. The molecule has 144 valence electrons. The standard InChI is InChI=1S/C19H21BrN8/c1-13-10-27(18-16-5-6-22-17(16)24-12-25-18)7-8-28(13)19(23-11-21)26-15-4-2-3-14(20)9-15/h2-4,9,12-13H,5-8,10H2,1H3,(H,23,26)(H,22,24,25). The third-order valence-corrected chi connectivity index (χ3v) is 5.49. The van der Waals surface area contributed by atoms with E-state index in [0.29, 0.717) is 5.96 Å². The number of halogens is 1. The van der Waals surface area contributed by atoms with Crippen molar-refractivity contribution in [3.63, 3.8) is 0 Å². The number of hydrogen-bond donors (Lipinski definition) is 2. The van der Waals surface area contributed by atoms with Gasteiger partial charge in [-0.2, -0.15) is 5.26 Å². The van der Waals surface area contributed by atoms with Crippen molar-refractivity contribution < 1.29 is 0 Å². The molecule has 0 amide bonds. The van der Waals surface area contributed by atoms with Gasteiger partial charge < -0.3 is 15.1 Å². The summed E-state index contributed by atoms with van der Waals surface area (Å²) in [5.74, 6) is 2.53. The molecule has 2 aromatic rings. The molecule has 0 saturated carbocycles. The number of fused-ring (bicyclic) bond motifs is 1. The van der Waals surface area contributed by atoms with Gasteiger partial charge in [-0.25, -0.2) is 15.0 Å². The molecule has 0 aliphatic carbocycles. The smallest absolute Gasteiger partial charge is 0.212 e. The molecule has 1 unspecified atom stereocenters. The van der Waals surface area contributed by atoms with E-state index in [1.807, 2.05) is 30.5 Å². The van der Waals surface area contributed by atoms with Gasteiger partial charge in [-0.3, -0.25) is 5.32 Å². The highest BCUT2D eigenvalue weighted by Crippen LogP contribution is 2.29. The Morgan fingerprint density at radius 2 is 2.29 bits per heavy atom. The molecule has 0 radical (unpaired) electrons. The van der Waals surface area contributed by atoms with Gasteiger partial charge in [-0.1, -0.05) is 22.0 Å². The number of aliphatic imine (C=N–C) groups is 1. The van der Waals surface area contributed by atoms with Crippen LogP contribution in [0.25, 0.3) is 0 Å². The second-order valence-electron chi connectivity index (χ2n) is 6.84. The van der Waals surface area contributed by atoms with Gasteiger partial charge in [0.2, 0.25) is 5.96 Å². The molecule has 2 aliphatic rings. The van der Waals surface area contributed by atoms with Gasteiger partial charge in [0.25, 0.3) is 0 Å². The van der Waals surface area contributed by atoms with Crippen molar-refractivity contribution >= 4 is 39.2 Å². The molecule has 2 N–H and O–H groups in total. The van der Waals surface area contributed by atoms with Gasteiger partial charge in [0.15, 0.2) is 6.19 Å². The molecular formula is C19H21BrN8. The molecular weight excluding hydrogens is 420 g/mol. The van der Waals surface area contributed by atoms with Crippen LogP contribution in [0.2, 0.25) is 0 Å². The summed E-state index contributed by atoms with van der Waals surface area (Å²) < 4.78 is 0.953. The Kier molecular flexibility index (Phi) is 5.30. The number of rotatable bonds is 2. The van der Waals surface area contributed by atoms with E-state index in [4.69, 9.17) is 0 Å². The highest BCUT2D eigenvalue weighted by Gasteiger charge is 2.29. The van der Waals surface area contributed by atoms with Crippen LogP contribution in [-0.2, 0) is 6.42 Å². The fourth-order valence-corrected chi connectivity index (χ4v) is 4.10. The molecule has 9 heteroatoms. The van der Waals surface area contributed by atoms with E-state index in [-0.39, 0.29) is 6.04 Å². The minimum Gasteiger partial charge on any atom is -0.369 e. The van der Waals surface area contributed by atoms with Gasteiger partial charge in [-0.05, 0) is 31.5 Å². The van der Waals surface area contributed by atoms with Crippen LogP contribution in [0.3, 0.4) is 0 Å². The second-order valence-corrected chi connectivity index (χ2v) is 7.76. The maximum absolute atomic E-state index is 9.21. The number of nitrogens with one attached hydrogen (secondary N) is 2. The quantitative estimate of drug-likeness (QED) is 0.320. The van der Waals surface area contributed by atoms with E-state index in [9.17, 15) is 5.26 Å². The average molecular weight is 441 g/mol. The molecule has 1 atom stereocenters. The van der Waals surface area contributed by atoms with Gasteiger partial charge in [-0.15, -0.1) is 0 Å². The first-order valence-electron chi connectivity index (χ1n) is 9.24. The minimum atomic E-state index is 0.167. The Balaban J connectivity index is 1.54. The van der Waals surface area contributed by atoms with Crippen molar-refractivity contribution in [2.24, 2.45) is 4.99 Å². The highest BCUT2D eigenvalue weighted by atomic mass is 79.9.